The fourth-order valence-corrected chi connectivity index (χ4v) is 2.40. The van der Waals surface area contributed by atoms with Gasteiger partial charge in [0.1, 0.15) is 0 Å². The van der Waals surface area contributed by atoms with Crippen molar-refractivity contribution in [3.05, 3.63) is 0 Å². The molecule has 1 unspecified atom stereocenters. The van der Waals surface area contributed by atoms with Gasteiger partial charge in [0.15, 0.2) is 0 Å². The third kappa shape index (κ3) is 4.98. The molecule has 2 heteroatoms. The molecule has 1 fully saturated rings. The molecule has 0 radical (unpaired) electrons. The molecule has 1 aliphatic carbocycles. The van der Waals surface area contributed by atoms with Crippen molar-refractivity contribution in [2.24, 2.45) is 5.41 Å². The molecular weight excluding hydrogens is 186 g/mol. The van der Waals surface area contributed by atoms with Gasteiger partial charge in [-0.1, -0.05) is 26.2 Å². The molecule has 0 aromatic heterocycles. The van der Waals surface area contributed by atoms with Crippen molar-refractivity contribution in [1.29, 1.82) is 0 Å². The molecule has 0 spiro atoms. The van der Waals surface area contributed by atoms with Crippen molar-refractivity contribution in [3.63, 3.8) is 0 Å². The summed E-state index contributed by atoms with van der Waals surface area (Å²) in [4.78, 5) is 0. The number of hydrogen-bond acceptors (Lipinski definition) is 2. The summed E-state index contributed by atoms with van der Waals surface area (Å²) < 4.78 is 5.09. The third-order valence-corrected chi connectivity index (χ3v) is 3.69. The summed E-state index contributed by atoms with van der Waals surface area (Å²) in [6.45, 7) is 6.73. The second-order valence-electron chi connectivity index (χ2n) is 5.43. The number of rotatable bonds is 6. The highest BCUT2D eigenvalue weighted by Gasteiger charge is 2.26. The molecule has 0 bridgehead atoms. The average Bonchev–Trinajstić information content (AvgIpc) is 2.25. The van der Waals surface area contributed by atoms with Crippen LogP contribution in [0.15, 0.2) is 0 Å². The Labute approximate surface area is 94.8 Å². The fraction of sp³-hybridized carbons (Fsp3) is 1.00. The van der Waals surface area contributed by atoms with Gasteiger partial charge in [0.2, 0.25) is 0 Å². The highest BCUT2D eigenvalue weighted by atomic mass is 16.5. The molecule has 1 saturated carbocycles. The van der Waals surface area contributed by atoms with Crippen LogP contribution in [0.5, 0.6) is 0 Å². The fourth-order valence-electron chi connectivity index (χ4n) is 2.40. The minimum absolute atomic E-state index is 0.555. The van der Waals surface area contributed by atoms with Gasteiger partial charge in [-0.2, -0.15) is 0 Å². The molecule has 90 valence electrons. The van der Waals surface area contributed by atoms with E-state index in [1.165, 1.54) is 38.6 Å². The normalized spacial score (nSPS) is 22.6. The minimum atomic E-state index is 0.555. The van der Waals surface area contributed by atoms with Crippen LogP contribution in [-0.2, 0) is 4.74 Å². The zero-order valence-corrected chi connectivity index (χ0v) is 10.6. The number of hydrogen-bond donors (Lipinski definition) is 1. The number of methoxy groups -OCH3 is 1. The second kappa shape index (κ2) is 6.49. The van der Waals surface area contributed by atoms with E-state index < -0.39 is 0 Å². The first-order valence-electron chi connectivity index (χ1n) is 6.39. The monoisotopic (exact) mass is 213 g/mol. The van der Waals surface area contributed by atoms with Crippen LogP contribution >= 0.6 is 0 Å². The van der Waals surface area contributed by atoms with E-state index in [0.29, 0.717) is 11.5 Å². The number of ether oxygens (including phenoxy) is 1. The van der Waals surface area contributed by atoms with Gasteiger partial charge < -0.3 is 10.1 Å². The van der Waals surface area contributed by atoms with Gasteiger partial charge in [-0.25, -0.2) is 0 Å². The SMILES string of the molecule is COCCC(C)NCC1(C)CCCCC1. The van der Waals surface area contributed by atoms with Crippen LogP contribution in [0.25, 0.3) is 0 Å². The van der Waals surface area contributed by atoms with E-state index in [4.69, 9.17) is 4.74 Å². The van der Waals surface area contributed by atoms with Gasteiger partial charge in [-0.15, -0.1) is 0 Å². The Morgan fingerprint density at radius 3 is 2.53 bits per heavy atom. The van der Waals surface area contributed by atoms with E-state index in [1.807, 2.05) is 0 Å². The summed E-state index contributed by atoms with van der Waals surface area (Å²) in [6, 6.07) is 0.587. The van der Waals surface area contributed by atoms with Crippen LogP contribution in [0.3, 0.4) is 0 Å². The molecule has 1 atom stereocenters. The molecule has 0 aromatic rings. The first-order chi connectivity index (χ1) is 7.16. The molecule has 0 saturated heterocycles. The second-order valence-corrected chi connectivity index (χ2v) is 5.43. The minimum Gasteiger partial charge on any atom is -0.385 e. The first-order valence-corrected chi connectivity index (χ1v) is 6.39. The Kier molecular flexibility index (Phi) is 5.62. The van der Waals surface area contributed by atoms with E-state index in [-0.39, 0.29) is 0 Å². The topological polar surface area (TPSA) is 21.3 Å². The van der Waals surface area contributed by atoms with Gasteiger partial charge in [-0.05, 0) is 31.6 Å². The highest BCUT2D eigenvalue weighted by Crippen LogP contribution is 2.34. The van der Waals surface area contributed by atoms with E-state index >= 15 is 0 Å². The summed E-state index contributed by atoms with van der Waals surface area (Å²) in [5.41, 5.74) is 0.555. The molecular formula is C13H27NO. The van der Waals surface area contributed by atoms with Crippen molar-refractivity contribution < 1.29 is 4.74 Å². The average molecular weight is 213 g/mol. The highest BCUT2D eigenvalue weighted by molar-refractivity contribution is 4.81. The Hall–Kier alpha value is -0.0800. The summed E-state index contributed by atoms with van der Waals surface area (Å²) in [5, 5.41) is 3.65. The van der Waals surface area contributed by atoms with Crippen molar-refractivity contribution in [2.75, 3.05) is 20.3 Å². The van der Waals surface area contributed by atoms with Gasteiger partial charge in [0.25, 0.3) is 0 Å². The van der Waals surface area contributed by atoms with Crippen LogP contribution in [-0.4, -0.2) is 26.3 Å². The first kappa shape index (κ1) is 13.0. The van der Waals surface area contributed by atoms with E-state index in [2.05, 4.69) is 19.2 Å². The molecule has 1 aliphatic rings. The van der Waals surface area contributed by atoms with Gasteiger partial charge in [0.05, 0.1) is 0 Å². The number of nitrogens with one attached hydrogen (secondary N) is 1. The van der Waals surface area contributed by atoms with Crippen molar-refractivity contribution in [1.82, 2.24) is 5.32 Å². The van der Waals surface area contributed by atoms with Crippen molar-refractivity contribution in [2.45, 2.75) is 58.4 Å². The molecule has 0 aromatic carbocycles. The maximum atomic E-state index is 5.09. The summed E-state index contributed by atoms with van der Waals surface area (Å²) >= 11 is 0. The van der Waals surface area contributed by atoms with E-state index in [1.54, 1.807) is 7.11 Å². The Bertz CT molecular complexity index is 164. The summed E-state index contributed by atoms with van der Waals surface area (Å²) in [7, 11) is 1.77. The van der Waals surface area contributed by atoms with Crippen molar-refractivity contribution >= 4 is 0 Å². The van der Waals surface area contributed by atoms with Crippen LogP contribution in [0.4, 0.5) is 0 Å². The third-order valence-electron chi connectivity index (χ3n) is 3.69. The standard InChI is InChI=1S/C13H27NO/c1-12(7-10-15-3)14-11-13(2)8-5-4-6-9-13/h12,14H,4-11H2,1-3H3. The maximum absolute atomic E-state index is 5.09. The van der Waals surface area contributed by atoms with Crippen molar-refractivity contribution in [3.8, 4) is 0 Å². The zero-order chi connectivity index (χ0) is 11.1. The van der Waals surface area contributed by atoms with Gasteiger partial charge >= 0.3 is 0 Å². The molecule has 1 N–H and O–H groups in total. The van der Waals surface area contributed by atoms with Gasteiger partial charge in [0, 0.05) is 26.3 Å². The lowest BCUT2D eigenvalue weighted by molar-refractivity contribution is 0.170. The molecule has 0 aliphatic heterocycles. The quantitative estimate of drug-likeness (QED) is 0.732. The molecule has 2 nitrogen and oxygen atoms in total. The predicted molar refractivity (Wildman–Crippen MR) is 65.1 cm³/mol. The van der Waals surface area contributed by atoms with E-state index in [9.17, 15) is 0 Å². The summed E-state index contributed by atoms with van der Waals surface area (Å²) in [6.07, 6.45) is 8.20. The summed E-state index contributed by atoms with van der Waals surface area (Å²) in [5.74, 6) is 0. The zero-order valence-electron chi connectivity index (χ0n) is 10.6. The Balaban J connectivity index is 2.16. The Morgan fingerprint density at radius 2 is 1.93 bits per heavy atom. The molecule has 0 heterocycles. The van der Waals surface area contributed by atoms with Crippen LogP contribution in [0, 0.1) is 5.41 Å². The van der Waals surface area contributed by atoms with Crippen LogP contribution < -0.4 is 5.32 Å². The largest absolute Gasteiger partial charge is 0.385 e. The molecule has 1 rings (SSSR count). The lowest BCUT2D eigenvalue weighted by Gasteiger charge is -2.34. The van der Waals surface area contributed by atoms with Crippen LogP contribution in [0.2, 0.25) is 0 Å². The maximum Gasteiger partial charge on any atom is 0.0476 e. The molecule has 0 amide bonds. The predicted octanol–water partition coefficient (Wildman–Crippen LogP) is 2.97. The lowest BCUT2D eigenvalue weighted by Crippen LogP contribution is -2.38. The lowest BCUT2D eigenvalue weighted by atomic mass is 9.75. The van der Waals surface area contributed by atoms with E-state index in [0.717, 1.165) is 13.0 Å². The molecule has 15 heavy (non-hydrogen) atoms. The van der Waals surface area contributed by atoms with Gasteiger partial charge in [-0.3, -0.25) is 0 Å². The Morgan fingerprint density at radius 1 is 1.27 bits per heavy atom. The van der Waals surface area contributed by atoms with Crippen LogP contribution in [0.1, 0.15) is 52.4 Å². The smallest absolute Gasteiger partial charge is 0.0476 e.